The minimum Gasteiger partial charge on any atom is -0.497 e. The minimum absolute atomic E-state index is 0.200. The molecule has 0 aliphatic rings. The van der Waals surface area contributed by atoms with Crippen molar-refractivity contribution >= 4 is 45.3 Å². The van der Waals surface area contributed by atoms with Gasteiger partial charge in [-0.2, -0.15) is 0 Å². The van der Waals surface area contributed by atoms with Gasteiger partial charge in [0, 0.05) is 11.3 Å². The lowest BCUT2D eigenvalue weighted by molar-refractivity contribution is 0.102. The van der Waals surface area contributed by atoms with Gasteiger partial charge >= 0.3 is 0 Å². The van der Waals surface area contributed by atoms with Crippen molar-refractivity contribution in [2.75, 3.05) is 12.4 Å². The molecule has 0 aliphatic heterocycles. The molecule has 5 rings (SSSR count). The molecule has 31 heavy (non-hydrogen) atoms. The number of hydrogen-bond acceptors (Lipinski definition) is 6. The Kier molecular flexibility index (Phi) is 5.19. The van der Waals surface area contributed by atoms with Crippen LogP contribution >= 0.6 is 22.7 Å². The molecule has 5 aromatic rings. The maximum Gasteiger partial charge on any atom is 0.255 e. The van der Waals surface area contributed by atoms with Gasteiger partial charge in [0.15, 0.2) is 0 Å². The molecule has 0 atom stereocenters. The highest BCUT2D eigenvalue weighted by molar-refractivity contribution is 7.14. The van der Waals surface area contributed by atoms with Crippen LogP contribution in [0.3, 0.4) is 0 Å². The Morgan fingerprint density at radius 1 is 0.839 bits per heavy atom. The molecule has 2 aromatic carbocycles. The number of nitrogens with one attached hydrogen (secondary N) is 1. The molecule has 0 saturated heterocycles. The zero-order valence-corrected chi connectivity index (χ0v) is 18.2. The van der Waals surface area contributed by atoms with Crippen molar-refractivity contribution in [2.24, 2.45) is 0 Å². The number of rotatable bonds is 5. The number of hydrogen-bond donors (Lipinski definition) is 1. The first kappa shape index (κ1) is 19.4. The zero-order chi connectivity index (χ0) is 21.2. The highest BCUT2D eigenvalue weighted by Crippen LogP contribution is 2.35. The van der Waals surface area contributed by atoms with E-state index in [0.29, 0.717) is 16.8 Å². The van der Waals surface area contributed by atoms with Crippen LogP contribution in [0.1, 0.15) is 10.4 Å². The van der Waals surface area contributed by atoms with Crippen LogP contribution in [0.2, 0.25) is 0 Å². The van der Waals surface area contributed by atoms with Crippen LogP contribution in [0.5, 0.6) is 5.75 Å². The summed E-state index contributed by atoms with van der Waals surface area (Å²) < 4.78 is 5.16. The molecular formula is C24H17N3O2S2. The summed E-state index contributed by atoms with van der Waals surface area (Å²) >= 11 is 3.26. The van der Waals surface area contributed by atoms with Gasteiger partial charge in [0.05, 0.1) is 27.9 Å². The monoisotopic (exact) mass is 443 g/mol. The number of carbonyl (C=O) groups is 1. The summed E-state index contributed by atoms with van der Waals surface area (Å²) in [5.41, 5.74) is 4.36. The van der Waals surface area contributed by atoms with Crippen LogP contribution in [0.25, 0.3) is 32.2 Å². The Balaban J connectivity index is 1.53. The second-order valence-corrected chi connectivity index (χ2v) is 8.66. The van der Waals surface area contributed by atoms with Gasteiger partial charge in [-0.15, -0.1) is 22.7 Å². The van der Waals surface area contributed by atoms with Gasteiger partial charge < -0.3 is 10.1 Å². The molecule has 7 heteroatoms. The van der Waals surface area contributed by atoms with Crippen LogP contribution < -0.4 is 10.1 Å². The van der Waals surface area contributed by atoms with E-state index in [4.69, 9.17) is 14.7 Å². The molecule has 5 nitrogen and oxygen atoms in total. The lowest BCUT2D eigenvalue weighted by Gasteiger charge is -2.10. The van der Waals surface area contributed by atoms with E-state index >= 15 is 0 Å². The largest absolute Gasteiger partial charge is 0.497 e. The number of anilines is 1. The summed E-state index contributed by atoms with van der Waals surface area (Å²) in [4.78, 5) is 24.7. The van der Waals surface area contributed by atoms with Gasteiger partial charge in [0.1, 0.15) is 17.1 Å². The Morgan fingerprint density at radius 2 is 1.48 bits per heavy atom. The number of aromatic nitrogens is 2. The van der Waals surface area contributed by atoms with E-state index in [-0.39, 0.29) is 5.91 Å². The second kappa shape index (κ2) is 8.29. The van der Waals surface area contributed by atoms with Gasteiger partial charge in [-0.3, -0.25) is 4.79 Å². The van der Waals surface area contributed by atoms with E-state index in [1.54, 1.807) is 66.2 Å². The maximum atomic E-state index is 12.8. The molecule has 0 radical (unpaired) electrons. The third kappa shape index (κ3) is 3.93. The predicted octanol–water partition coefficient (Wildman–Crippen LogP) is 6.35. The number of amides is 1. The van der Waals surface area contributed by atoms with E-state index in [2.05, 4.69) is 5.32 Å². The molecule has 3 aromatic heterocycles. The van der Waals surface area contributed by atoms with Crippen LogP contribution in [-0.4, -0.2) is 23.0 Å². The summed E-state index contributed by atoms with van der Waals surface area (Å²) in [5.74, 6) is 0.538. The summed E-state index contributed by atoms with van der Waals surface area (Å²) in [6.07, 6.45) is 0. The molecule has 0 bridgehead atoms. The number of ether oxygens (including phenoxy) is 1. The number of thiophene rings is 2. The van der Waals surface area contributed by atoms with Crippen molar-refractivity contribution in [2.45, 2.75) is 0 Å². The van der Waals surface area contributed by atoms with Crippen molar-refractivity contribution in [3.8, 4) is 26.9 Å². The van der Waals surface area contributed by atoms with Gasteiger partial charge in [-0.25, -0.2) is 9.97 Å². The molecule has 152 valence electrons. The third-order valence-electron chi connectivity index (χ3n) is 4.78. The maximum absolute atomic E-state index is 12.8. The lowest BCUT2D eigenvalue weighted by Crippen LogP contribution is -2.12. The summed E-state index contributed by atoms with van der Waals surface area (Å²) in [7, 11) is 1.61. The first-order valence-corrected chi connectivity index (χ1v) is 11.3. The van der Waals surface area contributed by atoms with Crippen molar-refractivity contribution in [1.29, 1.82) is 0 Å². The third-order valence-corrected chi connectivity index (χ3v) is 6.54. The predicted molar refractivity (Wildman–Crippen MR) is 127 cm³/mol. The Morgan fingerprint density at radius 3 is 2.06 bits per heavy atom. The van der Waals surface area contributed by atoms with Crippen molar-refractivity contribution in [3.05, 3.63) is 83.1 Å². The van der Waals surface area contributed by atoms with Crippen molar-refractivity contribution in [3.63, 3.8) is 0 Å². The van der Waals surface area contributed by atoms with Gasteiger partial charge in [0.25, 0.3) is 5.91 Å². The van der Waals surface area contributed by atoms with E-state index in [1.807, 2.05) is 41.1 Å². The summed E-state index contributed by atoms with van der Waals surface area (Å²) in [6.45, 7) is 0. The quantitative estimate of drug-likeness (QED) is 0.344. The normalized spacial score (nSPS) is 10.9. The van der Waals surface area contributed by atoms with E-state index in [9.17, 15) is 4.79 Å². The van der Waals surface area contributed by atoms with E-state index in [0.717, 1.165) is 32.4 Å². The first-order valence-electron chi connectivity index (χ1n) is 9.56. The van der Waals surface area contributed by atoms with Crippen LogP contribution in [0.15, 0.2) is 77.5 Å². The van der Waals surface area contributed by atoms with Gasteiger partial charge in [-0.1, -0.05) is 12.1 Å². The average Bonchev–Trinajstić information content (AvgIpc) is 3.53. The van der Waals surface area contributed by atoms with Crippen molar-refractivity contribution in [1.82, 2.24) is 9.97 Å². The van der Waals surface area contributed by atoms with Gasteiger partial charge in [0.2, 0.25) is 0 Å². The molecule has 0 aliphatic carbocycles. The summed E-state index contributed by atoms with van der Waals surface area (Å²) in [5, 5.41) is 6.97. The summed E-state index contributed by atoms with van der Waals surface area (Å²) in [6, 6.07) is 20.7. The molecule has 3 heterocycles. The van der Waals surface area contributed by atoms with Crippen LogP contribution in [0, 0.1) is 0 Å². The first-order chi connectivity index (χ1) is 15.2. The molecule has 0 unspecified atom stereocenters. The molecule has 0 saturated carbocycles. The van der Waals surface area contributed by atoms with Crippen LogP contribution in [0.4, 0.5) is 5.69 Å². The van der Waals surface area contributed by atoms with Gasteiger partial charge in [-0.05, 0) is 65.4 Å². The molecule has 1 N–H and O–H groups in total. The highest BCUT2D eigenvalue weighted by Gasteiger charge is 2.16. The Labute approximate surface area is 187 Å². The highest BCUT2D eigenvalue weighted by atomic mass is 32.1. The molecule has 1 amide bonds. The van der Waals surface area contributed by atoms with Crippen molar-refractivity contribution < 1.29 is 9.53 Å². The lowest BCUT2D eigenvalue weighted by atomic mass is 10.1. The number of nitrogens with zero attached hydrogens (tertiary/aromatic N) is 2. The second-order valence-electron chi connectivity index (χ2n) is 6.76. The molecule has 0 spiro atoms. The Bertz CT molecular complexity index is 1350. The smallest absolute Gasteiger partial charge is 0.255 e. The minimum atomic E-state index is -0.200. The molecule has 0 fully saturated rings. The fourth-order valence-corrected chi connectivity index (χ4v) is 4.67. The van der Waals surface area contributed by atoms with E-state index < -0.39 is 0 Å². The fraction of sp³-hybridized carbons (Fsp3) is 0.0417. The average molecular weight is 444 g/mol. The zero-order valence-electron chi connectivity index (χ0n) is 16.5. The molecular weight excluding hydrogens is 426 g/mol. The fourth-order valence-electron chi connectivity index (χ4n) is 3.24. The SMILES string of the molecule is COc1ccc(NC(=O)c2ccc3nc(-c4cccs4)c(-c4cccs4)nc3c2)cc1. The number of methoxy groups -OCH3 is 1. The Hall–Kier alpha value is -3.55. The standard InChI is InChI=1S/C24H17N3O2S2/c1-29-17-9-7-16(8-10-17)25-24(28)15-6-11-18-19(14-15)27-23(21-5-3-13-31-21)22(26-18)20-4-2-12-30-20/h2-14H,1H3,(H,25,28). The number of fused-ring (bicyclic) bond motifs is 1. The van der Waals surface area contributed by atoms with Crippen LogP contribution in [-0.2, 0) is 0 Å². The number of carbonyl (C=O) groups excluding carboxylic acids is 1. The topological polar surface area (TPSA) is 64.1 Å². The number of benzene rings is 2. The van der Waals surface area contributed by atoms with E-state index in [1.165, 1.54) is 0 Å².